The monoisotopic (exact) mass is 262 g/mol. The molecule has 1 aromatic heterocycles. The molecule has 0 amide bonds. The predicted octanol–water partition coefficient (Wildman–Crippen LogP) is 4.79. The fraction of sp³-hybridized carbons (Fsp3) is 0.706. The first-order valence-corrected chi connectivity index (χ1v) is 7.92. The zero-order chi connectivity index (χ0) is 13.9. The fourth-order valence-electron chi connectivity index (χ4n) is 2.53. The highest BCUT2D eigenvalue weighted by Crippen LogP contribution is 2.20. The van der Waals surface area contributed by atoms with E-state index < -0.39 is 0 Å². The number of aromatic nitrogens is 1. The molecular formula is C17H30N2. The first kappa shape index (κ1) is 16.2. The van der Waals surface area contributed by atoms with Crippen LogP contribution in [0.5, 0.6) is 0 Å². The van der Waals surface area contributed by atoms with E-state index in [1.165, 1.54) is 56.1 Å². The molecule has 0 saturated carbocycles. The zero-order valence-electron chi connectivity index (χ0n) is 12.9. The molecule has 1 aromatic rings. The van der Waals surface area contributed by atoms with Crippen LogP contribution in [0.4, 0.5) is 0 Å². The van der Waals surface area contributed by atoms with Crippen molar-refractivity contribution in [2.45, 2.75) is 71.8 Å². The number of hydrogen-bond donors (Lipinski definition) is 1. The van der Waals surface area contributed by atoms with Crippen LogP contribution in [0.1, 0.15) is 76.0 Å². The summed E-state index contributed by atoms with van der Waals surface area (Å²) in [4.78, 5) is 4.32. The molecule has 1 N–H and O–H groups in total. The van der Waals surface area contributed by atoms with Gasteiger partial charge in [0.2, 0.25) is 0 Å². The minimum absolute atomic E-state index is 0.476. The third kappa shape index (κ3) is 6.72. The van der Waals surface area contributed by atoms with Gasteiger partial charge < -0.3 is 5.32 Å². The van der Waals surface area contributed by atoms with Crippen LogP contribution in [-0.2, 0) is 0 Å². The molecule has 2 nitrogen and oxygen atoms in total. The minimum Gasteiger partial charge on any atom is -0.310 e. The summed E-state index contributed by atoms with van der Waals surface area (Å²) < 4.78 is 0. The first-order chi connectivity index (χ1) is 9.27. The molecule has 0 aliphatic carbocycles. The Bertz CT molecular complexity index is 336. The van der Waals surface area contributed by atoms with Gasteiger partial charge >= 0.3 is 0 Å². The summed E-state index contributed by atoms with van der Waals surface area (Å²) in [5.41, 5.74) is 2.60. The van der Waals surface area contributed by atoms with E-state index in [1.54, 1.807) is 0 Å². The van der Waals surface area contributed by atoms with Gasteiger partial charge in [-0.25, -0.2) is 0 Å². The molecule has 1 rings (SSSR count). The van der Waals surface area contributed by atoms with E-state index in [0.717, 1.165) is 6.54 Å². The molecule has 0 saturated heterocycles. The second kappa shape index (κ2) is 9.96. The van der Waals surface area contributed by atoms with Crippen molar-refractivity contribution in [1.29, 1.82) is 0 Å². The van der Waals surface area contributed by atoms with Gasteiger partial charge in [-0.1, -0.05) is 58.4 Å². The Morgan fingerprint density at radius 1 is 1.05 bits per heavy atom. The highest BCUT2D eigenvalue weighted by Gasteiger charge is 2.10. The second-order valence-electron chi connectivity index (χ2n) is 5.46. The Morgan fingerprint density at radius 2 is 1.79 bits per heavy atom. The lowest BCUT2D eigenvalue weighted by Gasteiger charge is -2.18. The minimum atomic E-state index is 0.476. The summed E-state index contributed by atoms with van der Waals surface area (Å²) in [6, 6.07) is 2.74. The maximum atomic E-state index is 4.32. The number of rotatable bonds is 10. The SMILES string of the molecule is CCCCCCCCC(NCC)c1cncc(C)c1. The maximum absolute atomic E-state index is 4.32. The molecule has 0 spiro atoms. The van der Waals surface area contributed by atoms with Gasteiger partial charge in [0.05, 0.1) is 0 Å². The summed E-state index contributed by atoms with van der Waals surface area (Å²) >= 11 is 0. The molecule has 1 atom stereocenters. The smallest absolute Gasteiger partial charge is 0.0335 e. The van der Waals surface area contributed by atoms with Crippen molar-refractivity contribution < 1.29 is 0 Å². The molecule has 0 radical (unpaired) electrons. The van der Waals surface area contributed by atoms with Crippen molar-refractivity contribution >= 4 is 0 Å². The number of pyridine rings is 1. The largest absolute Gasteiger partial charge is 0.310 e. The predicted molar refractivity (Wildman–Crippen MR) is 83.4 cm³/mol. The van der Waals surface area contributed by atoms with Gasteiger partial charge in [0, 0.05) is 18.4 Å². The van der Waals surface area contributed by atoms with E-state index in [2.05, 4.69) is 37.1 Å². The van der Waals surface area contributed by atoms with Crippen LogP contribution in [-0.4, -0.2) is 11.5 Å². The Labute approximate surface area is 119 Å². The molecule has 0 bridgehead atoms. The zero-order valence-corrected chi connectivity index (χ0v) is 12.9. The number of unbranched alkanes of at least 4 members (excludes halogenated alkanes) is 5. The third-order valence-corrected chi connectivity index (χ3v) is 3.60. The van der Waals surface area contributed by atoms with Crippen LogP contribution < -0.4 is 5.32 Å². The highest BCUT2D eigenvalue weighted by molar-refractivity contribution is 5.20. The van der Waals surface area contributed by atoms with Gasteiger partial charge in [-0.15, -0.1) is 0 Å². The number of nitrogens with zero attached hydrogens (tertiary/aromatic N) is 1. The Kier molecular flexibility index (Phi) is 8.48. The quantitative estimate of drug-likeness (QED) is 0.613. The maximum Gasteiger partial charge on any atom is 0.0335 e. The van der Waals surface area contributed by atoms with Crippen molar-refractivity contribution in [3.8, 4) is 0 Å². The van der Waals surface area contributed by atoms with Gasteiger partial charge in [-0.3, -0.25) is 4.98 Å². The van der Waals surface area contributed by atoms with Crippen molar-refractivity contribution in [3.63, 3.8) is 0 Å². The summed E-state index contributed by atoms with van der Waals surface area (Å²) in [6.07, 6.45) is 13.3. The van der Waals surface area contributed by atoms with Crippen molar-refractivity contribution in [1.82, 2.24) is 10.3 Å². The van der Waals surface area contributed by atoms with Crippen LogP contribution in [0.3, 0.4) is 0 Å². The summed E-state index contributed by atoms with van der Waals surface area (Å²) in [7, 11) is 0. The lowest BCUT2D eigenvalue weighted by molar-refractivity contribution is 0.476. The van der Waals surface area contributed by atoms with Gasteiger partial charge in [-0.2, -0.15) is 0 Å². The van der Waals surface area contributed by atoms with Crippen LogP contribution >= 0.6 is 0 Å². The van der Waals surface area contributed by atoms with E-state index in [4.69, 9.17) is 0 Å². The van der Waals surface area contributed by atoms with E-state index in [1.807, 2.05) is 12.4 Å². The Morgan fingerprint density at radius 3 is 2.47 bits per heavy atom. The highest BCUT2D eigenvalue weighted by atomic mass is 14.9. The van der Waals surface area contributed by atoms with Crippen LogP contribution in [0.15, 0.2) is 18.5 Å². The molecule has 0 aliphatic rings. The molecule has 1 unspecified atom stereocenters. The molecule has 1 heterocycles. The molecule has 0 aliphatic heterocycles. The number of nitrogens with one attached hydrogen (secondary N) is 1. The van der Waals surface area contributed by atoms with Gasteiger partial charge in [-0.05, 0) is 31.0 Å². The molecule has 0 aromatic carbocycles. The van der Waals surface area contributed by atoms with Gasteiger partial charge in [0.1, 0.15) is 0 Å². The van der Waals surface area contributed by atoms with E-state index >= 15 is 0 Å². The average molecular weight is 262 g/mol. The summed E-state index contributed by atoms with van der Waals surface area (Å²) in [5, 5.41) is 3.59. The van der Waals surface area contributed by atoms with Gasteiger partial charge in [0.25, 0.3) is 0 Å². The molecule has 2 heteroatoms. The number of aryl methyl sites for hydroxylation is 1. The molecule has 19 heavy (non-hydrogen) atoms. The molecule has 108 valence electrons. The Hall–Kier alpha value is -0.890. The summed E-state index contributed by atoms with van der Waals surface area (Å²) in [6.45, 7) is 7.59. The van der Waals surface area contributed by atoms with Crippen LogP contribution in [0, 0.1) is 6.92 Å². The molecular weight excluding hydrogens is 232 g/mol. The van der Waals surface area contributed by atoms with E-state index in [0.29, 0.717) is 6.04 Å². The average Bonchev–Trinajstić information content (AvgIpc) is 2.41. The normalized spacial score (nSPS) is 12.6. The van der Waals surface area contributed by atoms with Crippen molar-refractivity contribution in [2.24, 2.45) is 0 Å². The number of hydrogen-bond acceptors (Lipinski definition) is 2. The lowest BCUT2D eigenvalue weighted by atomic mass is 10.00. The first-order valence-electron chi connectivity index (χ1n) is 7.92. The van der Waals surface area contributed by atoms with E-state index in [9.17, 15) is 0 Å². The lowest BCUT2D eigenvalue weighted by Crippen LogP contribution is -2.21. The van der Waals surface area contributed by atoms with Crippen molar-refractivity contribution in [2.75, 3.05) is 6.54 Å². The van der Waals surface area contributed by atoms with Gasteiger partial charge in [0.15, 0.2) is 0 Å². The Balaban J connectivity index is 2.36. The second-order valence-corrected chi connectivity index (χ2v) is 5.46. The fourth-order valence-corrected chi connectivity index (χ4v) is 2.53. The van der Waals surface area contributed by atoms with Crippen LogP contribution in [0.2, 0.25) is 0 Å². The summed E-state index contributed by atoms with van der Waals surface area (Å²) in [5.74, 6) is 0. The van der Waals surface area contributed by atoms with Crippen LogP contribution in [0.25, 0.3) is 0 Å². The standard InChI is InChI=1S/C17H30N2/c1-4-6-7-8-9-10-11-17(19-5-2)16-12-15(3)13-18-14-16/h12-14,17,19H,4-11H2,1-3H3. The van der Waals surface area contributed by atoms with E-state index in [-0.39, 0.29) is 0 Å². The molecule has 0 fully saturated rings. The van der Waals surface area contributed by atoms with Crippen molar-refractivity contribution in [3.05, 3.63) is 29.6 Å². The third-order valence-electron chi connectivity index (χ3n) is 3.60. The topological polar surface area (TPSA) is 24.9 Å².